The number of aliphatic hydroxyl groups is 1. The van der Waals surface area contributed by atoms with Crippen molar-refractivity contribution in [3.8, 4) is 0 Å². The zero-order valence-electron chi connectivity index (χ0n) is 8.78. The van der Waals surface area contributed by atoms with Crippen LogP contribution in [0.25, 0.3) is 0 Å². The Bertz CT molecular complexity index is 183. The molecule has 2 N–H and O–H groups in total. The summed E-state index contributed by atoms with van der Waals surface area (Å²) in [6.07, 6.45) is 2.51. The van der Waals surface area contributed by atoms with Crippen molar-refractivity contribution in [3.63, 3.8) is 0 Å². The van der Waals surface area contributed by atoms with Crippen molar-refractivity contribution in [2.24, 2.45) is 0 Å². The molecule has 0 aromatic rings. The third-order valence-corrected chi connectivity index (χ3v) is 3.23. The summed E-state index contributed by atoms with van der Waals surface area (Å²) in [4.78, 5) is 2.22. The van der Waals surface area contributed by atoms with Crippen LogP contribution in [0.2, 0.25) is 0 Å². The molecule has 2 saturated heterocycles. The maximum atomic E-state index is 9.69. The summed E-state index contributed by atoms with van der Waals surface area (Å²) in [5.41, 5.74) is 0. The predicted octanol–water partition coefficient (Wildman–Crippen LogP) is -0.570. The largest absolute Gasteiger partial charge is 0.390 e. The average molecular weight is 200 g/mol. The fraction of sp³-hybridized carbons (Fsp3) is 1.00. The number of hydrogen-bond donors (Lipinski definition) is 2. The van der Waals surface area contributed by atoms with Gasteiger partial charge in [-0.05, 0) is 19.9 Å². The molecule has 2 heterocycles. The molecule has 82 valence electrons. The summed E-state index contributed by atoms with van der Waals surface area (Å²) in [7, 11) is 2.07. The summed E-state index contributed by atoms with van der Waals surface area (Å²) in [6, 6.07) is 0.263. The normalized spacial score (nSPS) is 38.4. The number of ether oxygens (including phenoxy) is 1. The molecule has 4 nitrogen and oxygen atoms in total. The fourth-order valence-electron chi connectivity index (χ4n) is 2.35. The summed E-state index contributed by atoms with van der Waals surface area (Å²) >= 11 is 0. The van der Waals surface area contributed by atoms with Crippen molar-refractivity contribution in [3.05, 3.63) is 0 Å². The van der Waals surface area contributed by atoms with Gasteiger partial charge in [0.05, 0.1) is 12.2 Å². The van der Waals surface area contributed by atoms with Gasteiger partial charge in [-0.1, -0.05) is 0 Å². The van der Waals surface area contributed by atoms with Crippen LogP contribution in [-0.4, -0.2) is 61.5 Å². The van der Waals surface area contributed by atoms with E-state index in [-0.39, 0.29) is 12.1 Å². The summed E-state index contributed by atoms with van der Waals surface area (Å²) in [6.45, 7) is 3.47. The van der Waals surface area contributed by atoms with Gasteiger partial charge in [-0.25, -0.2) is 0 Å². The third-order valence-electron chi connectivity index (χ3n) is 3.23. The molecule has 2 rings (SSSR count). The first-order chi connectivity index (χ1) is 6.77. The molecule has 0 radical (unpaired) electrons. The standard InChI is InChI=1S/C10H20N2O2/c1-12(7-8-3-2-4-14-8)9-5-11-6-10(9)13/h8-11,13H,2-7H2,1H3. The molecule has 0 bridgehead atoms. The lowest BCUT2D eigenvalue weighted by molar-refractivity contribution is 0.0427. The van der Waals surface area contributed by atoms with Crippen LogP contribution in [0.15, 0.2) is 0 Å². The Kier molecular flexibility index (Phi) is 3.38. The number of rotatable bonds is 3. The Labute approximate surface area is 85.2 Å². The van der Waals surface area contributed by atoms with Gasteiger partial charge in [0.1, 0.15) is 0 Å². The van der Waals surface area contributed by atoms with Crippen molar-refractivity contribution in [1.82, 2.24) is 10.2 Å². The third kappa shape index (κ3) is 2.25. The number of hydrogen-bond acceptors (Lipinski definition) is 4. The molecule has 0 saturated carbocycles. The minimum absolute atomic E-state index is 0.221. The second kappa shape index (κ2) is 4.57. The maximum Gasteiger partial charge on any atom is 0.0831 e. The van der Waals surface area contributed by atoms with Crippen LogP contribution in [0.3, 0.4) is 0 Å². The SMILES string of the molecule is CN(CC1CCCO1)C1CNCC1O. The minimum atomic E-state index is -0.221. The van der Waals surface area contributed by atoms with Gasteiger partial charge >= 0.3 is 0 Å². The molecule has 3 atom stereocenters. The van der Waals surface area contributed by atoms with E-state index in [0.717, 1.165) is 26.2 Å². The Morgan fingerprint density at radius 2 is 2.36 bits per heavy atom. The second-order valence-corrected chi connectivity index (χ2v) is 4.37. The minimum Gasteiger partial charge on any atom is -0.390 e. The smallest absolute Gasteiger partial charge is 0.0831 e. The zero-order chi connectivity index (χ0) is 9.97. The van der Waals surface area contributed by atoms with E-state index >= 15 is 0 Å². The van der Waals surface area contributed by atoms with E-state index in [9.17, 15) is 5.11 Å². The predicted molar refractivity (Wildman–Crippen MR) is 54.3 cm³/mol. The molecule has 2 aliphatic heterocycles. The topological polar surface area (TPSA) is 44.7 Å². The van der Waals surface area contributed by atoms with Crippen LogP contribution in [0.5, 0.6) is 0 Å². The molecular formula is C10H20N2O2. The van der Waals surface area contributed by atoms with Crippen molar-refractivity contribution in [1.29, 1.82) is 0 Å². The molecular weight excluding hydrogens is 180 g/mol. The molecule has 0 aromatic carbocycles. The lowest BCUT2D eigenvalue weighted by Crippen LogP contribution is -2.44. The molecule has 0 amide bonds. The molecule has 4 heteroatoms. The molecule has 0 aromatic heterocycles. The van der Waals surface area contributed by atoms with Crippen LogP contribution in [0, 0.1) is 0 Å². The van der Waals surface area contributed by atoms with Gasteiger partial charge in [0.2, 0.25) is 0 Å². The molecule has 0 spiro atoms. The van der Waals surface area contributed by atoms with Gasteiger partial charge in [-0.3, -0.25) is 4.90 Å². The first kappa shape index (κ1) is 10.4. The molecule has 2 fully saturated rings. The van der Waals surface area contributed by atoms with Gasteiger partial charge in [-0.2, -0.15) is 0 Å². The van der Waals surface area contributed by atoms with E-state index in [4.69, 9.17) is 4.74 Å². The monoisotopic (exact) mass is 200 g/mol. The number of aliphatic hydroxyl groups excluding tert-OH is 1. The highest BCUT2D eigenvalue weighted by atomic mass is 16.5. The summed E-state index contributed by atoms with van der Waals surface area (Å²) in [5, 5.41) is 12.9. The Morgan fingerprint density at radius 3 is 2.93 bits per heavy atom. The van der Waals surface area contributed by atoms with Gasteiger partial charge in [0.15, 0.2) is 0 Å². The maximum absolute atomic E-state index is 9.69. The first-order valence-electron chi connectivity index (χ1n) is 5.48. The number of nitrogens with one attached hydrogen (secondary N) is 1. The lowest BCUT2D eigenvalue weighted by Gasteiger charge is -2.28. The number of β-amino-alcohol motifs (C(OH)–C–C–N with tert-alkyl or cyclic N) is 1. The summed E-state index contributed by atoms with van der Waals surface area (Å²) < 4.78 is 5.57. The van der Waals surface area contributed by atoms with E-state index in [0.29, 0.717) is 6.10 Å². The number of likely N-dealkylation sites (N-methyl/N-ethyl adjacent to an activating group) is 1. The van der Waals surface area contributed by atoms with Crippen LogP contribution in [0.4, 0.5) is 0 Å². The molecule has 2 aliphatic rings. The van der Waals surface area contributed by atoms with Crippen molar-refractivity contribution in [2.45, 2.75) is 31.1 Å². The highest BCUT2D eigenvalue weighted by Gasteiger charge is 2.30. The molecule has 0 aliphatic carbocycles. The molecule has 3 unspecified atom stereocenters. The molecule has 14 heavy (non-hydrogen) atoms. The van der Waals surface area contributed by atoms with Gasteiger partial charge in [0, 0.05) is 32.3 Å². The van der Waals surface area contributed by atoms with Crippen LogP contribution in [-0.2, 0) is 4.74 Å². The Balaban J connectivity index is 1.78. The van der Waals surface area contributed by atoms with E-state index in [1.165, 1.54) is 12.8 Å². The van der Waals surface area contributed by atoms with E-state index < -0.39 is 0 Å². The van der Waals surface area contributed by atoms with E-state index in [2.05, 4.69) is 17.3 Å². The first-order valence-corrected chi connectivity index (χ1v) is 5.48. The van der Waals surface area contributed by atoms with Crippen LogP contribution in [0.1, 0.15) is 12.8 Å². The van der Waals surface area contributed by atoms with Crippen LogP contribution < -0.4 is 5.32 Å². The highest BCUT2D eigenvalue weighted by molar-refractivity contribution is 4.88. The van der Waals surface area contributed by atoms with Gasteiger partial charge in [-0.15, -0.1) is 0 Å². The van der Waals surface area contributed by atoms with Gasteiger partial charge in [0.25, 0.3) is 0 Å². The Morgan fingerprint density at radius 1 is 1.50 bits per heavy atom. The average Bonchev–Trinajstić information content (AvgIpc) is 2.75. The van der Waals surface area contributed by atoms with Gasteiger partial charge < -0.3 is 15.2 Å². The fourth-order valence-corrected chi connectivity index (χ4v) is 2.35. The van der Waals surface area contributed by atoms with E-state index in [1.807, 2.05) is 0 Å². The Hall–Kier alpha value is -0.160. The van der Waals surface area contributed by atoms with Crippen molar-refractivity contribution in [2.75, 3.05) is 33.3 Å². The van der Waals surface area contributed by atoms with Crippen molar-refractivity contribution < 1.29 is 9.84 Å². The van der Waals surface area contributed by atoms with Crippen molar-refractivity contribution >= 4 is 0 Å². The highest BCUT2D eigenvalue weighted by Crippen LogP contribution is 2.15. The number of nitrogens with zero attached hydrogens (tertiary/aromatic N) is 1. The van der Waals surface area contributed by atoms with E-state index in [1.54, 1.807) is 0 Å². The van der Waals surface area contributed by atoms with Crippen LogP contribution >= 0.6 is 0 Å². The summed E-state index contributed by atoms with van der Waals surface area (Å²) in [5.74, 6) is 0. The second-order valence-electron chi connectivity index (χ2n) is 4.37. The zero-order valence-corrected chi connectivity index (χ0v) is 8.78. The quantitative estimate of drug-likeness (QED) is 0.640. The lowest BCUT2D eigenvalue weighted by atomic mass is 10.1.